The Bertz CT molecular complexity index is 296. The van der Waals surface area contributed by atoms with Crippen molar-refractivity contribution in [3.8, 4) is 0 Å². The lowest BCUT2D eigenvalue weighted by Gasteiger charge is -2.47. The summed E-state index contributed by atoms with van der Waals surface area (Å²) in [5.74, 6) is 0.748. The second-order valence-corrected chi connectivity index (χ2v) is 6.47. The van der Waals surface area contributed by atoms with Crippen LogP contribution in [-0.4, -0.2) is 48.3 Å². The Balaban J connectivity index is 1.64. The molecule has 3 fully saturated rings. The number of ether oxygens (including phenoxy) is 1. The summed E-state index contributed by atoms with van der Waals surface area (Å²) in [6.45, 7) is 9.39. The fourth-order valence-corrected chi connectivity index (χ4v) is 4.37. The van der Waals surface area contributed by atoms with E-state index in [9.17, 15) is 0 Å². The summed E-state index contributed by atoms with van der Waals surface area (Å²) in [6.07, 6.45) is 6.30. The van der Waals surface area contributed by atoms with Crippen molar-refractivity contribution in [1.82, 2.24) is 10.2 Å². The van der Waals surface area contributed by atoms with Crippen molar-refractivity contribution < 1.29 is 4.74 Å². The molecule has 3 aliphatic rings. The van der Waals surface area contributed by atoms with Crippen molar-refractivity contribution in [2.45, 2.75) is 76.8 Å². The minimum atomic E-state index is 0.542. The molecule has 3 nitrogen and oxygen atoms in total. The Morgan fingerprint density at radius 2 is 2.06 bits per heavy atom. The van der Waals surface area contributed by atoms with Gasteiger partial charge in [0.05, 0.1) is 12.2 Å². The van der Waals surface area contributed by atoms with Crippen LogP contribution >= 0.6 is 0 Å². The number of rotatable bonds is 3. The average molecular weight is 252 g/mol. The van der Waals surface area contributed by atoms with Gasteiger partial charge in [0.25, 0.3) is 0 Å². The van der Waals surface area contributed by atoms with Gasteiger partial charge in [-0.05, 0) is 45.1 Å². The first kappa shape index (κ1) is 12.9. The summed E-state index contributed by atoms with van der Waals surface area (Å²) >= 11 is 0. The monoisotopic (exact) mass is 252 g/mol. The molecule has 0 aromatic heterocycles. The fourth-order valence-electron chi connectivity index (χ4n) is 4.37. The van der Waals surface area contributed by atoms with E-state index in [4.69, 9.17) is 4.74 Å². The summed E-state index contributed by atoms with van der Waals surface area (Å²) in [4.78, 5) is 2.75. The smallest absolute Gasteiger partial charge is 0.0736 e. The maximum absolute atomic E-state index is 6.04. The van der Waals surface area contributed by atoms with E-state index in [1.165, 1.54) is 32.2 Å². The highest BCUT2D eigenvalue weighted by atomic mass is 16.5. The first-order chi connectivity index (χ1) is 8.70. The van der Waals surface area contributed by atoms with Gasteiger partial charge in [0.15, 0.2) is 0 Å². The van der Waals surface area contributed by atoms with Crippen LogP contribution in [0.1, 0.15) is 46.5 Å². The van der Waals surface area contributed by atoms with Gasteiger partial charge < -0.3 is 10.1 Å². The van der Waals surface area contributed by atoms with Crippen LogP contribution in [-0.2, 0) is 4.74 Å². The van der Waals surface area contributed by atoms with Crippen molar-refractivity contribution in [3.05, 3.63) is 0 Å². The largest absolute Gasteiger partial charge is 0.373 e. The predicted molar refractivity (Wildman–Crippen MR) is 73.7 cm³/mol. The molecule has 0 aromatic carbocycles. The summed E-state index contributed by atoms with van der Waals surface area (Å²) < 4.78 is 6.04. The van der Waals surface area contributed by atoms with E-state index in [1.807, 2.05) is 0 Å². The summed E-state index contributed by atoms with van der Waals surface area (Å²) in [5, 5.41) is 3.65. The van der Waals surface area contributed by atoms with Crippen LogP contribution in [0.3, 0.4) is 0 Å². The summed E-state index contributed by atoms with van der Waals surface area (Å²) in [7, 11) is 0. The molecule has 3 heterocycles. The summed E-state index contributed by atoms with van der Waals surface area (Å²) in [5.41, 5.74) is 0. The molecule has 0 radical (unpaired) electrons. The molecule has 0 aromatic rings. The maximum atomic E-state index is 6.04. The van der Waals surface area contributed by atoms with Crippen molar-refractivity contribution in [1.29, 1.82) is 0 Å². The van der Waals surface area contributed by atoms with Crippen molar-refractivity contribution >= 4 is 0 Å². The molecule has 104 valence electrons. The molecule has 3 saturated heterocycles. The Hall–Kier alpha value is -0.120. The Morgan fingerprint density at radius 1 is 1.22 bits per heavy atom. The first-order valence-electron chi connectivity index (χ1n) is 7.85. The molecule has 6 atom stereocenters. The maximum Gasteiger partial charge on any atom is 0.0736 e. The number of piperidine rings is 1. The Kier molecular flexibility index (Phi) is 3.65. The van der Waals surface area contributed by atoms with Gasteiger partial charge >= 0.3 is 0 Å². The lowest BCUT2D eigenvalue weighted by atomic mass is 9.83. The van der Waals surface area contributed by atoms with Gasteiger partial charge in [-0.15, -0.1) is 0 Å². The van der Waals surface area contributed by atoms with E-state index in [0.29, 0.717) is 30.3 Å². The molecule has 0 aliphatic carbocycles. The number of fused-ring (bicyclic) bond motifs is 2. The molecule has 3 aliphatic heterocycles. The molecule has 3 heteroatoms. The first-order valence-corrected chi connectivity index (χ1v) is 7.85. The van der Waals surface area contributed by atoms with Gasteiger partial charge in [0.1, 0.15) is 0 Å². The van der Waals surface area contributed by atoms with E-state index in [1.54, 1.807) is 0 Å². The summed E-state index contributed by atoms with van der Waals surface area (Å²) in [6, 6.07) is 2.11. The number of nitrogens with zero attached hydrogens (tertiary/aromatic N) is 1. The highest BCUT2D eigenvalue weighted by Crippen LogP contribution is 2.40. The van der Waals surface area contributed by atoms with Crippen LogP contribution in [0.15, 0.2) is 0 Å². The molecule has 18 heavy (non-hydrogen) atoms. The second-order valence-electron chi connectivity index (χ2n) is 6.47. The molecule has 0 spiro atoms. The molecule has 0 amide bonds. The quantitative estimate of drug-likeness (QED) is 0.831. The van der Waals surface area contributed by atoms with Crippen LogP contribution in [0.25, 0.3) is 0 Å². The minimum Gasteiger partial charge on any atom is -0.373 e. The van der Waals surface area contributed by atoms with Crippen LogP contribution in [0.4, 0.5) is 0 Å². The number of likely N-dealkylation sites (tertiary alicyclic amines) is 1. The molecule has 0 saturated carbocycles. The van der Waals surface area contributed by atoms with Crippen LogP contribution < -0.4 is 5.32 Å². The normalized spacial score (nSPS) is 48.8. The van der Waals surface area contributed by atoms with Crippen LogP contribution in [0.2, 0.25) is 0 Å². The molecule has 6 unspecified atom stereocenters. The molecular weight excluding hydrogens is 224 g/mol. The van der Waals surface area contributed by atoms with Gasteiger partial charge in [-0.25, -0.2) is 0 Å². The molecule has 2 bridgehead atoms. The van der Waals surface area contributed by atoms with E-state index in [0.717, 1.165) is 12.5 Å². The van der Waals surface area contributed by atoms with Gasteiger partial charge in [0, 0.05) is 24.7 Å². The standard InChI is InChI=1S/C15H28N2O/c1-4-16-13-7-8-17(11(3)10(13)2)14-9-12-5-6-15(14)18-12/h10-16H,4-9H2,1-3H3. The number of hydrogen-bond donors (Lipinski definition) is 1. The number of hydrogen-bond acceptors (Lipinski definition) is 3. The molecule has 1 N–H and O–H groups in total. The van der Waals surface area contributed by atoms with Crippen molar-refractivity contribution in [2.24, 2.45) is 5.92 Å². The predicted octanol–water partition coefficient (Wildman–Crippen LogP) is 2.01. The van der Waals surface area contributed by atoms with E-state index in [-0.39, 0.29) is 0 Å². The van der Waals surface area contributed by atoms with Gasteiger partial charge in [-0.1, -0.05) is 13.8 Å². The molecule has 3 rings (SSSR count). The minimum absolute atomic E-state index is 0.542. The van der Waals surface area contributed by atoms with Gasteiger partial charge in [0.2, 0.25) is 0 Å². The second kappa shape index (κ2) is 5.10. The van der Waals surface area contributed by atoms with Crippen molar-refractivity contribution in [3.63, 3.8) is 0 Å². The zero-order chi connectivity index (χ0) is 12.7. The Labute approximate surface area is 111 Å². The lowest BCUT2D eigenvalue weighted by Crippen LogP contribution is -2.58. The fraction of sp³-hybridized carbons (Fsp3) is 1.00. The highest BCUT2D eigenvalue weighted by Gasteiger charge is 2.46. The Morgan fingerprint density at radius 3 is 2.67 bits per heavy atom. The lowest BCUT2D eigenvalue weighted by molar-refractivity contribution is 0.0120. The van der Waals surface area contributed by atoms with Crippen LogP contribution in [0.5, 0.6) is 0 Å². The van der Waals surface area contributed by atoms with E-state index in [2.05, 4.69) is 31.0 Å². The van der Waals surface area contributed by atoms with Crippen LogP contribution in [0, 0.1) is 5.92 Å². The number of nitrogens with one attached hydrogen (secondary N) is 1. The van der Waals surface area contributed by atoms with Gasteiger partial charge in [-0.2, -0.15) is 0 Å². The SMILES string of the molecule is CCNC1CCN(C2CC3CCC2O3)C(C)C1C. The van der Waals surface area contributed by atoms with Crippen molar-refractivity contribution in [2.75, 3.05) is 13.1 Å². The van der Waals surface area contributed by atoms with E-state index >= 15 is 0 Å². The zero-order valence-electron chi connectivity index (χ0n) is 12.1. The van der Waals surface area contributed by atoms with Gasteiger partial charge in [-0.3, -0.25) is 4.90 Å². The third kappa shape index (κ3) is 2.10. The molecular formula is C15H28N2O. The third-order valence-corrected chi connectivity index (χ3v) is 5.58. The topological polar surface area (TPSA) is 24.5 Å². The average Bonchev–Trinajstić information content (AvgIpc) is 2.98. The highest BCUT2D eigenvalue weighted by molar-refractivity contribution is 5.00. The van der Waals surface area contributed by atoms with E-state index < -0.39 is 0 Å². The zero-order valence-corrected chi connectivity index (χ0v) is 12.1. The third-order valence-electron chi connectivity index (χ3n) is 5.58.